The fourth-order valence-electron chi connectivity index (χ4n) is 2.94. The first kappa shape index (κ1) is 14.7. The smallest absolute Gasteiger partial charge is 0.352 e. The van der Waals surface area contributed by atoms with Crippen LogP contribution in [0.1, 0.15) is 16.1 Å². The Morgan fingerprint density at radius 2 is 2.04 bits per heavy atom. The van der Waals surface area contributed by atoms with Gasteiger partial charge in [0.25, 0.3) is 0 Å². The summed E-state index contributed by atoms with van der Waals surface area (Å²) in [5.74, 6) is -0.927. The van der Waals surface area contributed by atoms with Crippen molar-refractivity contribution in [2.75, 3.05) is 0 Å². The molecule has 24 heavy (non-hydrogen) atoms. The minimum atomic E-state index is -0.927. The zero-order valence-electron chi connectivity index (χ0n) is 12.7. The van der Waals surface area contributed by atoms with E-state index >= 15 is 0 Å². The third kappa shape index (κ3) is 2.49. The van der Waals surface area contributed by atoms with Crippen LogP contribution in [0.2, 0.25) is 0 Å². The van der Waals surface area contributed by atoms with E-state index < -0.39 is 5.97 Å². The third-order valence-corrected chi connectivity index (χ3v) is 5.05. The van der Waals surface area contributed by atoms with E-state index in [0.717, 1.165) is 16.8 Å². The zero-order valence-corrected chi connectivity index (χ0v) is 13.5. The molecule has 5 heteroatoms. The number of rotatable bonds is 4. The number of carboxylic acid groups (broad SMARTS) is 1. The molecule has 1 aromatic carbocycles. The molecular weight excluding hydrogens is 320 g/mol. The monoisotopic (exact) mass is 334 g/mol. The predicted octanol–water partition coefficient (Wildman–Crippen LogP) is 4.51. The lowest BCUT2D eigenvalue weighted by molar-refractivity contribution is 0.0686. The van der Waals surface area contributed by atoms with E-state index in [-0.39, 0.29) is 5.69 Å². The van der Waals surface area contributed by atoms with E-state index in [4.69, 9.17) is 0 Å². The molecule has 0 spiro atoms. The Hall–Kier alpha value is -2.92. The SMILES string of the molecule is O=C(O)c1ccc(-c2cccnc2)n1Cc1cccc2ccsc12. The number of thiophene rings is 1. The molecule has 0 unspecified atom stereocenters. The van der Waals surface area contributed by atoms with Crippen molar-refractivity contribution in [2.45, 2.75) is 6.54 Å². The molecule has 0 aliphatic carbocycles. The standard InChI is InChI=1S/C19H14N2O2S/c22-19(23)17-7-6-16(14-5-2-9-20-11-14)21(17)12-15-4-1-3-13-8-10-24-18(13)15/h1-11H,12H2,(H,22,23). The molecule has 0 aliphatic heterocycles. The van der Waals surface area contributed by atoms with Crippen molar-refractivity contribution in [1.29, 1.82) is 0 Å². The van der Waals surface area contributed by atoms with Crippen LogP contribution in [0.15, 0.2) is 66.3 Å². The maximum Gasteiger partial charge on any atom is 0.352 e. The molecule has 1 N–H and O–H groups in total. The summed E-state index contributed by atoms with van der Waals surface area (Å²) in [5, 5.41) is 12.8. The van der Waals surface area contributed by atoms with Gasteiger partial charge >= 0.3 is 5.97 Å². The van der Waals surface area contributed by atoms with Gasteiger partial charge < -0.3 is 9.67 Å². The van der Waals surface area contributed by atoms with Crippen molar-refractivity contribution in [2.24, 2.45) is 0 Å². The molecule has 0 atom stereocenters. The van der Waals surface area contributed by atoms with Gasteiger partial charge in [-0.3, -0.25) is 4.98 Å². The topological polar surface area (TPSA) is 55.1 Å². The second-order valence-electron chi connectivity index (χ2n) is 5.49. The van der Waals surface area contributed by atoms with E-state index in [2.05, 4.69) is 28.6 Å². The minimum absolute atomic E-state index is 0.280. The van der Waals surface area contributed by atoms with Crippen LogP contribution in [-0.4, -0.2) is 20.6 Å². The van der Waals surface area contributed by atoms with E-state index in [1.54, 1.807) is 29.8 Å². The van der Waals surface area contributed by atoms with Crippen molar-refractivity contribution in [3.63, 3.8) is 0 Å². The largest absolute Gasteiger partial charge is 0.477 e. The zero-order chi connectivity index (χ0) is 16.5. The van der Waals surface area contributed by atoms with Gasteiger partial charge in [0.1, 0.15) is 5.69 Å². The summed E-state index contributed by atoms with van der Waals surface area (Å²) in [6.07, 6.45) is 3.46. The van der Waals surface area contributed by atoms with Crippen LogP contribution in [0.4, 0.5) is 0 Å². The van der Waals surface area contributed by atoms with Gasteiger partial charge in [0, 0.05) is 29.2 Å². The van der Waals surface area contributed by atoms with Gasteiger partial charge in [-0.1, -0.05) is 18.2 Å². The number of hydrogen-bond donors (Lipinski definition) is 1. The maximum atomic E-state index is 11.6. The summed E-state index contributed by atoms with van der Waals surface area (Å²) in [4.78, 5) is 15.8. The highest BCUT2D eigenvalue weighted by Crippen LogP contribution is 2.28. The summed E-state index contributed by atoms with van der Waals surface area (Å²) in [6, 6.07) is 15.5. The van der Waals surface area contributed by atoms with Gasteiger partial charge in [0.2, 0.25) is 0 Å². The van der Waals surface area contributed by atoms with Crippen molar-refractivity contribution in [1.82, 2.24) is 9.55 Å². The lowest BCUT2D eigenvalue weighted by atomic mass is 10.1. The third-order valence-electron chi connectivity index (χ3n) is 4.05. The highest BCUT2D eigenvalue weighted by atomic mass is 32.1. The summed E-state index contributed by atoms with van der Waals surface area (Å²) < 4.78 is 3.04. The van der Waals surface area contributed by atoms with Gasteiger partial charge in [-0.25, -0.2) is 4.79 Å². The van der Waals surface area contributed by atoms with Crippen LogP contribution in [0, 0.1) is 0 Å². The lowest BCUT2D eigenvalue weighted by Crippen LogP contribution is -2.10. The Kier molecular flexibility index (Phi) is 3.63. The van der Waals surface area contributed by atoms with E-state index in [1.165, 1.54) is 10.1 Å². The molecule has 4 rings (SSSR count). The first-order valence-electron chi connectivity index (χ1n) is 7.52. The maximum absolute atomic E-state index is 11.6. The van der Waals surface area contributed by atoms with Crippen LogP contribution in [0.5, 0.6) is 0 Å². The summed E-state index contributed by atoms with van der Waals surface area (Å²) in [6.45, 7) is 0.511. The minimum Gasteiger partial charge on any atom is -0.477 e. The number of carboxylic acids is 1. The fraction of sp³-hybridized carbons (Fsp3) is 0.0526. The fourth-order valence-corrected chi connectivity index (χ4v) is 3.85. The average molecular weight is 334 g/mol. The summed E-state index contributed by atoms with van der Waals surface area (Å²) in [5.41, 5.74) is 3.16. The van der Waals surface area contributed by atoms with E-state index in [9.17, 15) is 9.90 Å². The lowest BCUT2D eigenvalue weighted by Gasteiger charge is -2.12. The molecule has 0 saturated carbocycles. The molecule has 4 aromatic rings. The number of nitrogens with zero attached hydrogens (tertiary/aromatic N) is 2. The molecule has 3 aromatic heterocycles. The number of pyridine rings is 1. The van der Waals surface area contributed by atoms with Gasteiger partial charge in [0.15, 0.2) is 0 Å². The van der Waals surface area contributed by atoms with Gasteiger partial charge in [-0.15, -0.1) is 11.3 Å². The Morgan fingerprint density at radius 3 is 2.83 bits per heavy atom. The van der Waals surface area contributed by atoms with Crippen LogP contribution in [-0.2, 0) is 6.54 Å². The first-order chi connectivity index (χ1) is 11.7. The normalized spacial score (nSPS) is 11.0. The van der Waals surface area contributed by atoms with E-state index in [1.807, 2.05) is 28.8 Å². The van der Waals surface area contributed by atoms with Crippen molar-refractivity contribution in [3.05, 3.63) is 77.6 Å². The molecule has 3 heterocycles. The number of benzene rings is 1. The average Bonchev–Trinajstić information content (AvgIpc) is 3.23. The summed E-state index contributed by atoms with van der Waals surface area (Å²) >= 11 is 1.68. The Morgan fingerprint density at radius 1 is 1.12 bits per heavy atom. The van der Waals surface area contributed by atoms with E-state index in [0.29, 0.717) is 6.54 Å². The van der Waals surface area contributed by atoms with Crippen LogP contribution in [0.3, 0.4) is 0 Å². The Labute approximate surface area is 142 Å². The van der Waals surface area contributed by atoms with Crippen LogP contribution in [0.25, 0.3) is 21.3 Å². The Bertz CT molecular complexity index is 1020. The quantitative estimate of drug-likeness (QED) is 0.597. The molecule has 0 amide bonds. The number of hydrogen-bond acceptors (Lipinski definition) is 3. The molecule has 0 aliphatic rings. The van der Waals surface area contributed by atoms with Crippen molar-refractivity contribution >= 4 is 27.4 Å². The Balaban J connectivity index is 1.86. The van der Waals surface area contributed by atoms with Crippen LogP contribution < -0.4 is 0 Å². The molecule has 4 nitrogen and oxygen atoms in total. The summed E-state index contributed by atoms with van der Waals surface area (Å²) in [7, 11) is 0. The number of aromatic nitrogens is 2. The molecule has 0 bridgehead atoms. The molecule has 0 saturated heterocycles. The van der Waals surface area contributed by atoms with Crippen LogP contribution >= 0.6 is 11.3 Å². The molecule has 118 valence electrons. The molecular formula is C19H14N2O2S. The molecule has 0 radical (unpaired) electrons. The number of carbonyl (C=O) groups is 1. The second kappa shape index (κ2) is 5.94. The van der Waals surface area contributed by atoms with Gasteiger partial charge in [-0.05, 0) is 46.7 Å². The van der Waals surface area contributed by atoms with Gasteiger partial charge in [-0.2, -0.15) is 0 Å². The highest BCUT2D eigenvalue weighted by Gasteiger charge is 2.16. The second-order valence-corrected chi connectivity index (χ2v) is 6.41. The first-order valence-corrected chi connectivity index (χ1v) is 8.40. The van der Waals surface area contributed by atoms with Gasteiger partial charge in [0.05, 0.1) is 5.69 Å². The molecule has 0 fully saturated rings. The van der Waals surface area contributed by atoms with Crippen molar-refractivity contribution in [3.8, 4) is 11.3 Å². The highest BCUT2D eigenvalue weighted by molar-refractivity contribution is 7.17. The predicted molar refractivity (Wildman–Crippen MR) is 95.5 cm³/mol. The number of aromatic carboxylic acids is 1. The van der Waals surface area contributed by atoms with Crippen molar-refractivity contribution < 1.29 is 9.90 Å². The number of fused-ring (bicyclic) bond motifs is 1.